The summed E-state index contributed by atoms with van der Waals surface area (Å²) in [4.78, 5) is 17.4. The molecule has 168 valence electrons. The number of benzene rings is 1. The van der Waals surface area contributed by atoms with Crippen molar-refractivity contribution in [2.24, 2.45) is 5.73 Å². The van der Waals surface area contributed by atoms with Crippen LogP contribution in [-0.2, 0) is 13.0 Å². The number of nitrogens with zero attached hydrogens (tertiary/aromatic N) is 5. The van der Waals surface area contributed by atoms with Gasteiger partial charge in [-0.05, 0) is 79.5 Å². The van der Waals surface area contributed by atoms with E-state index in [2.05, 4.69) is 38.0 Å². The van der Waals surface area contributed by atoms with Crippen molar-refractivity contribution < 1.29 is 4.79 Å². The Bertz CT molecular complexity index is 1350. The van der Waals surface area contributed by atoms with Crippen molar-refractivity contribution in [3.05, 3.63) is 82.1 Å². The van der Waals surface area contributed by atoms with Gasteiger partial charge in [-0.15, -0.1) is 5.10 Å². The number of aryl methyl sites for hydroxylation is 2. The Morgan fingerprint density at radius 1 is 1.15 bits per heavy atom. The molecule has 33 heavy (non-hydrogen) atoms. The number of carbonyl (C=O) groups excluding carboxylic acids is 1. The molecule has 3 heterocycles. The van der Waals surface area contributed by atoms with Gasteiger partial charge >= 0.3 is 0 Å². The first-order valence-electron chi connectivity index (χ1n) is 11.2. The predicted octanol–water partition coefficient (Wildman–Crippen LogP) is 3.57. The van der Waals surface area contributed by atoms with Crippen LogP contribution >= 0.6 is 0 Å². The van der Waals surface area contributed by atoms with Crippen molar-refractivity contribution >= 4 is 17.3 Å². The van der Waals surface area contributed by atoms with E-state index in [-0.39, 0.29) is 11.6 Å². The number of ketones is 1. The minimum atomic E-state index is -0.0419. The zero-order chi connectivity index (χ0) is 23.1. The van der Waals surface area contributed by atoms with E-state index >= 15 is 0 Å². The molecule has 0 bridgehead atoms. The fourth-order valence-corrected chi connectivity index (χ4v) is 4.38. The molecule has 0 atom stereocenters. The summed E-state index contributed by atoms with van der Waals surface area (Å²) in [6, 6.07) is 8.01. The van der Waals surface area contributed by atoms with Gasteiger partial charge in [0.2, 0.25) is 0 Å². The summed E-state index contributed by atoms with van der Waals surface area (Å²) in [6.45, 7) is 4.43. The number of carbonyl (C=O) groups is 1. The highest BCUT2D eigenvalue weighted by Crippen LogP contribution is 2.39. The summed E-state index contributed by atoms with van der Waals surface area (Å²) >= 11 is 0. The van der Waals surface area contributed by atoms with Crippen molar-refractivity contribution in [2.75, 3.05) is 0 Å². The first kappa shape index (κ1) is 21.1. The Morgan fingerprint density at radius 2 is 1.91 bits per heavy atom. The summed E-state index contributed by atoms with van der Waals surface area (Å²) in [7, 11) is 0. The summed E-state index contributed by atoms with van der Waals surface area (Å²) in [6.07, 6.45) is 9.36. The number of nitrogens with one attached hydrogen (secondary N) is 1. The number of Topliss-reactive ketones (excluding diaryl/α,β-unsaturated/α-hetero) is 1. The maximum absolute atomic E-state index is 12.7. The van der Waals surface area contributed by atoms with E-state index in [4.69, 9.17) is 11.1 Å². The number of nitrogen functional groups attached to an aromatic ring is 1. The molecule has 1 fully saturated rings. The molecule has 4 aromatic rings. The Kier molecular flexibility index (Phi) is 5.28. The number of pyridine rings is 1. The minimum Gasteiger partial charge on any atom is -0.384 e. The summed E-state index contributed by atoms with van der Waals surface area (Å²) in [5.41, 5.74) is 13.0. The van der Waals surface area contributed by atoms with Crippen LogP contribution in [0.25, 0.3) is 5.65 Å². The normalized spacial score (nSPS) is 13.5. The SMILES string of the molecule is Cc1cc(C(=N)N)cc(C)c1CCC(=O)c1cn(Cc2cn3cc(C4CC4)ccc3n2)nn1. The summed E-state index contributed by atoms with van der Waals surface area (Å²) in [5.74, 6) is 0.706. The van der Waals surface area contributed by atoms with E-state index in [1.807, 2.05) is 32.2 Å². The number of rotatable bonds is 8. The van der Waals surface area contributed by atoms with Crippen LogP contribution in [0.4, 0.5) is 0 Å². The van der Waals surface area contributed by atoms with Gasteiger partial charge < -0.3 is 10.1 Å². The molecule has 8 nitrogen and oxygen atoms in total. The van der Waals surface area contributed by atoms with Crippen LogP contribution in [0.2, 0.25) is 0 Å². The van der Waals surface area contributed by atoms with Gasteiger partial charge in [-0.1, -0.05) is 11.3 Å². The van der Waals surface area contributed by atoms with Crippen LogP contribution in [0.3, 0.4) is 0 Å². The van der Waals surface area contributed by atoms with Crippen molar-refractivity contribution in [3.8, 4) is 0 Å². The van der Waals surface area contributed by atoms with Crippen molar-refractivity contribution in [1.82, 2.24) is 24.4 Å². The molecule has 0 aliphatic heterocycles. The van der Waals surface area contributed by atoms with Gasteiger partial charge in [0.15, 0.2) is 5.78 Å². The zero-order valence-electron chi connectivity index (χ0n) is 18.9. The molecule has 1 aliphatic carbocycles. The largest absolute Gasteiger partial charge is 0.384 e. The van der Waals surface area contributed by atoms with Gasteiger partial charge in [-0.2, -0.15) is 0 Å². The molecule has 0 spiro atoms. The van der Waals surface area contributed by atoms with E-state index in [0.29, 0.717) is 36.6 Å². The van der Waals surface area contributed by atoms with Gasteiger partial charge in [-0.25, -0.2) is 9.67 Å². The van der Waals surface area contributed by atoms with Crippen LogP contribution in [-0.4, -0.2) is 36.0 Å². The lowest BCUT2D eigenvalue weighted by atomic mass is 9.94. The third-order valence-corrected chi connectivity index (χ3v) is 6.33. The molecule has 0 saturated heterocycles. The lowest BCUT2D eigenvalue weighted by Gasteiger charge is -2.11. The number of fused-ring (bicyclic) bond motifs is 1. The number of aromatic nitrogens is 5. The highest BCUT2D eigenvalue weighted by molar-refractivity contribution is 5.95. The molecule has 1 aliphatic rings. The van der Waals surface area contributed by atoms with Crippen LogP contribution in [0.5, 0.6) is 0 Å². The van der Waals surface area contributed by atoms with Crippen molar-refractivity contribution in [1.29, 1.82) is 5.41 Å². The number of amidine groups is 1. The average molecular weight is 442 g/mol. The zero-order valence-corrected chi connectivity index (χ0v) is 18.9. The molecular formula is C25H27N7O. The van der Waals surface area contributed by atoms with E-state index < -0.39 is 0 Å². The molecule has 5 rings (SSSR count). The van der Waals surface area contributed by atoms with Gasteiger partial charge in [0.25, 0.3) is 0 Å². The molecule has 1 saturated carbocycles. The van der Waals surface area contributed by atoms with E-state index in [1.54, 1.807) is 10.9 Å². The lowest BCUT2D eigenvalue weighted by molar-refractivity contribution is 0.0978. The maximum Gasteiger partial charge on any atom is 0.185 e. The van der Waals surface area contributed by atoms with Crippen LogP contribution < -0.4 is 5.73 Å². The Balaban J connectivity index is 1.24. The average Bonchev–Trinajstić information content (AvgIpc) is 3.39. The Hall–Kier alpha value is -3.81. The van der Waals surface area contributed by atoms with Crippen LogP contribution in [0.1, 0.15) is 69.2 Å². The number of hydrogen-bond acceptors (Lipinski definition) is 5. The van der Waals surface area contributed by atoms with Gasteiger partial charge in [0.05, 0.1) is 18.4 Å². The predicted molar refractivity (Wildman–Crippen MR) is 126 cm³/mol. The van der Waals surface area contributed by atoms with Gasteiger partial charge in [0, 0.05) is 24.4 Å². The highest BCUT2D eigenvalue weighted by atomic mass is 16.1. The third kappa shape index (κ3) is 4.41. The van der Waals surface area contributed by atoms with Gasteiger partial charge in [-0.3, -0.25) is 10.2 Å². The second-order valence-corrected chi connectivity index (χ2v) is 8.96. The first-order chi connectivity index (χ1) is 15.9. The fraction of sp³-hybridized carbons (Fsp3) is 0.320. The van der Waals surface area contributed by atoms with E-state index in [1.165, 1.54) is 18.4 Å². The molecule has 0 amide bonds. The highest BCUT2D eigenvalue weighted by Gasteiger charge is 2.23. The van der Waals surface area contributed by atoms with Gasteiger partial charge in [0.1, 0.15) is 17.2 Å². The van der Waals surface area contributed by atoms with Crippen molar-refractivity contribution in [2.45, 2.75) is 52.0 Å². The maximum atomic E-state index is 12.7. The quantitative estimate of drug-likeness (QED) is 0.246. The molecule has 0 unspecified atom stereocenters. The first-order valence-corrected chi connectivity index (χ1v) is 11.2. The number of hydrogen-bond donors (Lipinski definition) is 2. The smallest absolute Gasteiger partial charge is 0.185 e. The Labute approximate surface area is 192 Å². The summed E-state index contributed by atoms with van der Waals surface area (Å²) < 4.78 is 3.73. The second-order valence-electron chi connectivity index (χ2n) is 8.96. The molecule has 8 heteroatoms. The standard InChI is InChI=1S/C25H27N7O/c1-15-9-19(25(26)27)10-16(2)21(15)6-7-23(33)22-14-32(30-29-22)13-20-12-31-11-18(17-3-4-17)5-8-24(31)28-20/h5,8-12,14,17H,3-4,6-7,13H2,1-2H3,(H3,26,27). The van der Waals surface area contributed by atoms with Crippen molar-refractivity contribution in [3.63, 3.8) is 0 Å². The van der Waals surface area contributed by atoms with E-state index in [0.717, 1.165) is 28.0 Å². The topological polar surface area (TPSA) is 115 Å². The van der Waals surface area contributed by atoms with Crippen LogP contribution in [0, 0.1) is 19.3 Å². The lowest BCUT2D eigenvalue weighted by Crippen LogP contribution is -2.12. The minimum absolute atomic E-state index is 0.0419. The molecule has 1 aromatic carbocycles. The number of imidazole rings is 1. The number of nitrogens with two attached hydrogens (primary N) is 1. The van der Waals surface area contributed by atoms with E-state index in [9.17, 15) is 4.79 Å². The molecular weight excluding hydrogens is 414 g/mol. The second kappa shape index (κ2) is 8.27. The molecule has 0 radical (unpaired) electrons. The van der Waals surface area contributed by atoms with Crippen LogP contribution in [0.15, 0.2) is 42.9 Å². The monoisotopic (exact) mass is 441 g/mol. The molecule has 3 aromatic heterocycles. The molecule has 3 N–H and O–H groups in total. The fourth-order valence-electron chi connectivity index (χ4n) is 4.38. The Morgan fingerprint density at radius 3 is 2.61 bits per heavy atom. The third-order valence-electron chi connectivity index (χ3n) is 6.33. The summed E-state index contributed by atoms with van der Waals surface area (Å²) in [5, 5.41) is 15.9.